The van der Waals surface area contributed by atoms with Crippen LogP contribution >= 0.6 is 0 Å². The lowest BCUT2D eigenvalue weighted by Crippen LogP contribution is -2.40. The van der Waals surface area contributed by atoms with Crippen LogP contribution in [-0.2, 0) is 9.94 Å². The Morgan fingerprint density at radius 3 is 2.53 bits per heavy atom. The summed E-state index contributed by atoms with van der Waals surface area (Å²) in [7, 11) is 0. The molecule has 0 spiro atoms. The summed E-state index contributed by atoms with van der Waals surface area (Å²) in [5, 5.41) is 12.7. The predicted molar refractivity (Wildman–Crippen MR) is 61.5 cm³/mol. The van der Waals surface area contributed by atoms with Gasteiger partial charge in [0.1, 0.15) is 0 Å². The van der Waals surface area contributed by atoms with Gasteiger partial charge in [-0.2, -0.15) is 0 Å². The molecule has 1 aliphatic heterocycles. The number of benzene rings is 1. The third-order valence-corrected chi connectivity index (χ3v) is 3.11. The van der Waals surface area contributed by atoms with Crippen LogP contribution in [0.2, 0.25) is 0 Å². The third-order valence-electron chi connectivity index (χ3n) is 3.11. The van der Waals surface area contributed by atoms with Crippen molar-refractivity contribution >= 4 is 5.97 Å². The largest absolute Gasteiger partial charge is 0.440 e. The van der Waals surface area contributed by atoms with Gasteiger partial charge in [-0.1, -0.05) is 18.2 Å². The first kappa shape index (κ1) is 12.1. The van der Waals surface area contributed by atoms with E-state index in [2.05, 4.69) is 0 Å². The Kier molecular flexibility index (Phi) is 3.17. The summed E-state index contributed by atoms with van der Waals surface area (Å²) in [5.74, 6) is -0.436. The second kappa shape index (κ2) is 4.47. The molecule has 1 heterocycles. The smallest absolute Gasteiger partial charge is 0.339 e. The van der Waals surface area contributed by atoms with Crippen molar-refractivity contribution in [3.63, 3.8) is 0 Å². The number of ether oxygens (including phenoxy) is 1. The number of hydrogen-bond acceptors (Lipinski definition) is 3. The molecule has 1 atom stereocenters. The molecule has 17 heavy (non-hydrogen) atoms. The molecule has 4 heteroatoms. The summed E-state index contributed by atoms with van der Waals surface area (Å²) < 4.78 is 5.22. The lowest BCUT2D eigenvalue weighted by atomic mass is 10.0. The van der Waals surface area contributed by atoms with Gasteiger partial charge in [0.2, 0.25) is 0 Å². The van der Waals surface area contributed by atoms with Crippen LogP contribution in [0.1, 0.15) is 37.0 Å². The van der Waals surface area contributed by atoms with Crippen LogP contribution in [0.3, 0.4) is 0 Å². The van der Waals surface area contributed by atoms with Crippen LogP contribution < -0.4 is 0 Å². The van der Waals surface area contributed by atoms with E-state index in [0.29, 0.717) is 12.0 Å². The van der Waals surface area contributed by atoms with Crippen LogP contribution in [0.4, 0.5) is 0 Å². The lowest BCUT2D eigenvalue weighted by molar-refractivity contribution is -0.263. The number of carbonyl (C=O) groups excluding carboxylic acids is 1. The first-order valence-electron chi connectivity index (χ1n) is 5.73. The van der Waals surface area contributed by atoms with Crippen molar-refractivity contribution in [1.82, 2.24) is 5.06 Å². The molecule has 1 aliphatic rings. The monoisotopic (exact) mass is 234 g/mol. The Balaban J connectivity index is 2.01. The van der Waals surface area contributed by atoms with Crippen molar-refractivity contribution < 1.29 is 14.7 Å². The Morgan fingerprint density at radius 1 is 1.35 bits per heavy atom. The first-order chi connectivity index (χ1) is 8.00. The molecule has 1 aromatic rings. The fourth-order valence-electron chi connectivity index (χ4n) is 1.97. The van der Waals surface area contributed by atoms with E-state index in [4.69, 9.17) is 4.74 Å². The summed E-state index contributed by atoms with van der Waals surface area (Å²) >= 11 is 0. The van der Waals surface area contributed by atoms with E-state index >= 15 is 0 Å². The number of rotatable bonds is 2. The van der Waals surface area contributed by atoms with Gasteiger partial charge in [0.15, 0.2) is 6.23 Å². The van der Waals surface area contributed by atoms with Gasteiger partial charge in [-0.25, -0.2) is 4.79 Å². The van der Waals surface area contributed by atoms with Crippen molar-refractivity contribution in [3.8, 4) is 0 Å². The molecule has 0 amide bonds. The van der Waals surface area contributed by atoms with Crippen molar-refractivity contribution in [2.45, 2.75) is 38.5 Å². The van der Waals surface area contributed by atoms with E-state index in [1.54, 1.807) is 24.3 Å². The SMILES string of the molecule is CC1(C)CCC(OC(=O)c2ccccc2)N1[O]. The number of carbonyl (C=O) groups is 1. The average molecular weight is 234 g/mol. The topological polar surface area (TPSA) is 49.4 Å². The molecule has 1 aromatic carbocycles. The summed E-state index contributed by atoms with van der Waals surface area (Å²) in [6.45, 7) is 3.71. The second-order valence-electron chi connectivity index (χ2n) is 4.90. The standard InChI is InChI=1S/C13H16NO3/c1-13(2)9-8-11(14(13)16)17-12(15)10-6-4-3-5-7-10/h3-7,11H,8-9H2,1-2H3. The third kappa shape index (κ3) is 2.48. The zero-order chi connectivity index (χ0) is 12.5. The molecule has 1 fully saturated rings. The molecule has 0 aliphatic carbocycles. The van der Waals surface area contributed by atoms with Crippen LogP contribution in [0.25, 0.3) is 0 Å². The molecule has 2 rings (SSSR count). The molecule has 1 unspecified atom stereocenters. The second-order valence-corrected chi connectivity index (χ2v) is 4.90. The Hall–Kier alpha value is -1.39. The average Bonchev–Trinajstić information content (AvgIpc) is 2.57. The summed E-state index contributed by atoms with van der Waals surface area (Å²) in [4.78, 5) is 11.8. The number of hydrogen-bond donors (Lipinski definition) is 0. The van der Waals surface area contributed by atoms with Gasteiger partial charge < -0.3 is 4.74 Å². The first-order valence-corrected chi connectivity index (χ1v) is 5.73. The maximum atomic E-state index is 11.8. The number of nitrogens with zero attached hydrogens (tertiary/aromatic N) is 1. The predicted octanol–water partition coefficient (Wildman–Crippen LogP) is 2.39. The minimum Gasteiger partial charge on any atom is -0.440 e. The molecular weight excluding hydrogens is 218 g/mol. The van der Waals surface area contributed by atoms with Gasteiger partial charge >= 0.3 is 5.97 Å². The minimum absolute atomic E-state index is 0.436. The highest BCUT2D eigenvalue weighted by molar-refractivity contribution is 5.89. The van der Waals surface area contributed by atoms with Gasteiger partial charge in [0, 0.05) is 12.0 Å². The summed E-state index contributed by atoms with van der Waals surface area (Å²) in [6.07, 6.45) is 0.677. The fourth-order valence-corrected chi connectivity index (χ4v) is 1.97. The minimum atomic E-state index is -0.655. The number of esters is 1. The molecular formula is C13H16NO3. The highest BCUT2D eigenvalue weighted by Gasteiger charge is 2.42. The zero-order valence-electron chi connectivity index (χ0n) is 10.1. The molecule has 91 valence electrons. The van der Waals surface area contributed by atoms with E-state index in [9.17, 15) is 10.0 Å². The van der Waals surface area contributed by atoms with Crippen molar-refractivity contribution in [2.24, 2.45) is 0 Å². The molecule has 0 bridgehead atoms. The Labute approximate surface area is 101 Å². The van der Waals surface area contributed by atoms with Gasteiger partial charge in [0.05, 0.1) is 5.56 Å². The van der Waals surface area contributed by atoms with Crippen molar-refractivity contribution in [3.05, 3.63) is 35.9 Å². The fraction of sp³-hybridized carbons (Fsp3) is 0.462. The van der Waals surface area contributed by atoms with E-state index in [-0.39, 0.29) is 0 Å². The zero-order valence-corrected chi connectivity index (χ0v) is 10.1. The highest BCUT2D eigenvalue weighted by Crippen LogP contribution is 2.32. The van der Waals surface area contributed by atoms with Crippen molar-refractivity contribution in [2.75, 3.05) is 0 Å². The summed E-state index contributed by atoms with van der Waals surface area (Å²) in [5.41, 5.74) is 0.0346. The lowest BCUT2D eigenvalue weighted by Gasteiger charge is -2.26. The van der Waals surface area contributed by atoms with E-state index in [1.165, 1.54) is 0 Å². The van der Waals surface area contributed by atoms with E-state index in [1.807, 2.05) is 19.9 Å². The van der Waals surface area contributed by atoms with Crippen LogP contribution in [0, 0.1) is 0 Å². The van der Waals surface area contributed by atoms with E-state index < -0.39 is 17.7 Å². The molecule has 0 aromatic heterocycles. The highest BCUT2D eigenvalue weighted by atomic mass is 16.6. The quantitative estimate of drug-likeness (QED) is 0.738. The molecule has 0 N–H and O–H groups in total. The van der Waals surface area contributed by atoms with Crippen LogP contribution in [0.15, 0.2) is 30.3 Å². The van der Waals surface area contributed by atoms with Gasteiger partial charge in [-0.05, 0) is 32.4 Å². The Bertz CT molecular complexity index is 402. The summed E-state index contributed by atoms with van der Waals surface area (Å²) in [6, 6.07) is 8.72. The molecule has 0 saturated carbocycles. The van der Waals surface area contributed by atoms with Crippen LogP contribution in [0.5, 0.6) is 0 Å². The van der Waals surface area contributed by atoms with Crippen LogP contribution in [-0.4, -0.2) is 22.8 Å². The molecule has 1 saturated heterocycles. The molecule has 4 nitrogen and oxygen atoms in total. The number of hydroxylamine groups is 2. The normalized spacial score (nSPS) is 23.6. The van der Waals surface area contributed by atoms with Gasteiger partial charge in [-0.3, -0.25) is 0 Å². The molecule has 1 radical (unpaired) electrons. The van der Waals surface area contributed by atoms with Gasteiger partial charge in [0.25, 0.3) is 0 Å². The van der Waals surface area contributed by atoms with E-state index in [0.717, 1.165) is 11.5 Å². The Morgan fingerprint density at radius 2 is 2.00 bits per heavy atom. The van der Waals surface area contributed by atoms with Gasteiger partial charge in [-0.15, -0.1) is 10.3 Å². The maximum Gasteiger partial charge on any atom is 0.339 e. The van der Waals surface area contributed by atoms with Crippen molar-refractivity contribution in [1.29, 1.82) is 0 Å². The maximum absolute atomic E-state index is 11.8.